The van der Waals surface area contributed by atoms with Gasteiger partial charge in [-0.15, -0.1) is 0 Å². The van der Waals surface area contributed by atoms with Crippen molar-refractivity contribution in [2.45, 2.75) is 32.2 Å². The first-order valence-electron chi connectivity index (χ1n) is 6.29. The van der Waals surface area contributed by atoms with E-state index < -0.39 is 0 Å². The SMILES string of the molecule is Nc1[nH]ncc1CNC(=O)C1CC2CCC1C2. The van der Waals surface area contributed by atoms with Crippen LogP contribution in [-0.2, 0) is 11.3 Å². The van der Waals surface area contributed by atoms with E-state index in [4.69, 9.17) is 5.73 Å². The summed E-state index contributed by atoms with van der Waals surface area (Å²) in [5, 5.41) is 9.47. The summed E-state index contributed by atoms with van der Waals surface area (Å²) in [6.45, 7) is 0.481. The van der Waals surface area contributed by atoms with Gasteiger partial charge in [0.05, 0.1) is 6.20 Å². The van der Waals surface area contributed by atoms with Crippen molar-refractivity contribution in [3.05, 3.63) is 11.8 Å². The van der Waals surface area contributed by atoms with E-state index in [2.05, 4.69) is 15.5 Å². The first-order chi connectivity index (χ1) is 8.24. The normalized spacial score (nSPS) is 30.7. The van der Waals surface area contributed by atoms with Gasteiger partial charge in [-0.2, -0.15) is 5.10 Å². The lowest BCUT2D eigenvalue weighted by molar-refractivity contribution is -0.126. The highest BCUT2D eigenvalue weighted by molar-refractivity contribution is 5.79. The molecule has 4 N–H and O–H groups in total. The summed E-state index contributed by atoms with van der Waals surface area (Å²) in [5.41, 5.74) is 6.53. The fraction of sp³-hybridized carbons (Fsp3) is 0.667. The number of aromatic amines is 1. The molecule has 5 heteroatoms. The number of nitrogens with zero attached hydrogens (tertiary/aromatic N) is 1. The average Bonchev–Trinajstić information content (AvgIpc) is 3.01. The lowest BCUT2D eigenvalue weighted by atomic mass is 9.88. The van der Waals surface area contributed by atoms with E-state index in [9.17, 15) is 4.79 Å². The summed E-state index contributed by atoms with van der Waals surface area (Å²) in [4.78, 5) is 12.1. The van der Waals surface area contributed by atoms with E-state index in [1.807, 2.05) is 0 Å². The van der Waals surface area contributed by atoms with Crippen molar-refractivity contribution in [1.82, 2.24) is 15.5 Å². The topological polar surface area (TPSA) is 83.8 Å². The number of carbonyl (C=O) groups excluding carboxylic acids is 1. The van der Waals surface area contributed by atoms with Crippen LogP contribution < -0.4 is 11.1 Å². The van der Waals surface area contributed by atoms with Gasteiger partial charge in [0.25, 0.3) is 0 Å². The number of hydrogen-bond acceptors (Lipinski definition) is 3. The summed E-state index contributed by atoms with van der Waals surface area (Å²) in [5.74, 6) is 2.40. The average molecular weight is 234 g/mol. The molecule has 0 aliphatic heterocycles. The quantitative estimate of drug-likeness (QED) is 0.730. The molecule has 0 aromatic carbocycles. The number of hydrogen-bond donors (Lipinski definition) is 3. The highest BCUT2D eigenvalue weighted by atomic mass is 16.1. The number of nitrogen functional groups attached to an aromatic ring is 1. The van der Waals surface area contributed by atoms with Crippen LogP contribution in [0.2, 0.25) is 0 Å². The Labute approximate surface area is 100 Å². The number of H-pyrrole nitrogens is 1. The number of anilines is 1. The molecular weight excluding hydrogens is 216 g/mol. The van der Waals surface area contributed by atoms with E-state index in [0.29, 0.717) is 18.3 Å². The predicted octanol–water partition coefficient (Wildman–Crippen LogP) is 1.04. The van der Waals surface area contributed by atoms with E-state index >= 15 is 0 Å². The van der Waals surface area contributed by atoms with Crippen LogP contribution in [0, 0.1) is 17.8 Å². The summed E-state index contributed by atoms with van der Waals surface area (Å²) < 4.78 is 0. The molecule has 1 heterocycles. The van der Waals surface area contributed by atoms with Gasteiger partial charge in [-0.1, -0.05) is 6.42 Å². The van der Waals surface area contributed by atoms with E-state index in [-0.39, 0.29) is 11.8 Å². The predicted molar refractivity (Wildman–Crippen MR) is 63.8 cm³/mol. The van der Waals surface area contributed by atoms with E-state index in [1.165, 1.54) is 19.3 Å². The van der Waals surface area contributed by atoms with Crippen LogP contribution in [-0.4, -0.2) is 16.1 Å². The zero-order chi connectivity index (χ0) is 11.8. The van der Waals surface area contributed by atoms with Gasteiger partial charge in [-0.3, -0.25) is 9.89 Å². The fourth-order valence-electron chi connectivity index (χ4n) is 3.34. The minimum atomic E-state index is 0.192. The van der Waals surface area contributed by atoms with Crippen molar-refractivity contribution >= 4 is 11.7 Å². The van der Waals surface area contributed by atoms with Crippen molar-refractivity contribution in [2.75, 3.05) is 5.73 Å². The third-order valence-electron chi connectivity index (χ3n) is 4.28. The Hall–Kier alpha value is -1.52. The number of nitrogens with two attached hydrogens (primary N) is 1. The van der Waals surface area contributed by atoms with Crippen LogP contribution >= 0.6 is 0 Å². The van der Waals surface area contributed by atoms with Crippen molar-refractivity contribution < 1.29 is 4.79 Å². The zero-order valence-electron chi connectivity index (χ0n) is 9.78. The number of rotatable bonds is 3. The summed E-state index contributed by atoms with van der Waals surface area (Å²) in [7, 11) is 0. The number of nitrogens with one attached hydrogen (secondary N) is 2. The van der Waals surface area contributed by atoms with Crippen LogP contribution in [0.3, 0.4) is 0 Å². The highest BCUT2D eigenvalue weighted by Gasteiger charge is 2.42. The van der Waals surface area contributed by atoms with Crippen LogP contribution in [0.25, 0.3) is 0 Å². The zero-order valence-corrected chi connectivity index (χ0v) is 9.78. The highest BCUT2D eigenvalue weighted by Crippen LogP contribution is 2.48. The van der Waals surface area contributed by atoms with Crippen molar-refractivity contribution in [3.63, 3.8) is 0 Å². The Morgan fingerprint density at radius 2 is 2.41 bits per heavy atom. The molecule has 3 unspecified atom stereocenters. The standard InChI is InChI=1S/C12H18N4O/c13-11-9(6-15-16-11)5-14-12(17)10-4-7-1-2-8(10)3-7/h6-8,10H,1-5H2,(H,14,17)(H3,13,15,16). The van der Waals surface area contributed by atoms with Crippen molar-refractivity contribution in [2.24, 2.45) is 17.8 Å². The summed E-state index contributed by atoms with van der Waals surface area (Å²) in [6, 6.07) is 0. The lowest BCUT2D eigenvalue weighted by Crippen LogP contribution is -2.33. The Balaban J connectivity index is 1.56. The number of aromatic nitrogens is 2. The van der Waals surface area contributed by atoms with Crippen LogP contribution in [0.1, 0.15) is 31.2 Å². The first kappa shape index (κ1) is 10.6. The van der Waals surface area contributed by atoms with Crippen LogP contribution in [0.15, 0.2) is 6.20 Å². The number of fused-ring (bicyclic) bond motifs is 2. The van der Waals surface area contributed by atoms with Crippen molar-refractivity contribution in [1.29, 1.82) is 0 Å². The molecule has 5 nitrogen and oxygen atoms in total. The second kappa shape index (κ2) is 4.05. The molecule has 2 aliphatic carbocycles. The largest absolute Gasteiger partial charge is 0.384 e. The molecule has 2 bridgehead atoms. The van der Waals surface area contributed by atoms with Crippen LogP contribution in [0.4, 0.5) is 5.82 Å². The monoisotopic (exact) mass is 234 g/mol. The molecule has 0 spiro atoms. The molecular formula is C12H18N4O. The lowest BCUT2D eigenvalue weighted by Gasteiger charge is -2.20. The molecule has 1 aromatic heterocycles. The number of carbonyl (C=O) groups is 1. The van der Waals surface area contributed by atoms with E-state index in [1.54, 1.807) is 6.20 Å². The van der Waals surface area contributed by atoms with E-state index in [0.717, 1.165) is 17.9 Å². The van der Waals surface area contributed by atoms with Crippen LogP contribution in [0.5, 0.6) is 0 Å². The molecule has 1 amide bonds. The molecule has 2 fully saturated rings. The third-order valence-corrected chi connectivity index (χ3v) is 4.28. The van der Waals surface area contributed by atoms with Gasteiger partial charge in [-0.25, -0.2) is 0 Å². The first-order valence-corrected chi connectivity index (χ1v) is 6.29. The minimum Gasteiger partial charge on any atom is -0.384 e. The molecule has 2 aliphatic rings. The summed E-state index contributed by atoms with van der Waals surface area (Å²) in [6.07, 6.45) is 6.56. The number of amides is 1. The van der Waals surface area contributed by atoms with Crippen molar-refractivity contribution in [3.8, 4) is 0 Å². The molecule has 1 aromatic rings. The van der Waals surface area contributed by atoms with Gasteiger partial charge in [0.1, 0.15) is 5.82 Å². The van der Waals surface area contributed by atoms with Gasteiger partial charge < -0.3 is 11.1 Å². The molecule has 3 rings (SSSR count). The van der Waals surface area contributed by atoms with Gasteiger partial charge in [0, 0.05) is 18.0 Å². The maximum Gasteiger partial charge on any atom is 0.223 e. The smallest absolute Gasteiger partial charge is 0.223 e. The third kappa shape index (κ3) is 1.90. The maximum atomic E-state index is 12.1. The maximum absolute atomic E-state index is 12.1. The molecule has 92 valence electrons. The molecule has 17 heavy (non-hydrogen) atoms. The Morgan fingerprint density at radius 1 is 1.53 bits per heavy atom. The fourth-order valence-corrected chi connectivity index (χ4v) is 3.34. The molecule has 0 saturated heterocycles. The van der Waals surface area contributed by atoms with Gasteiger partial charge in [0.15, 0.2) is 0 Å². The minimum absolute atomic E-state index is 0.192. The second-order valence-electron chi connectivity index (χ2n) is 5.31. The van der Waals surface area contributed by atoms with Gasteiger partial charge >= 0.3 is 0 Å². The molecule has 0 radical (unpaired) electrons. The second-order valence-corrected chi connectivity index (χ2v) is 5.31. The Bertz CT molecular complexity index is 428. The molecule has 3 atom stereocenters. The Morgan fingerprint density at radius 3 is 3.00 bits per heavy atom. The van der Waals surface area contributed by atoms with Gasteiger partial charge in [0.2, 0.25) is 5.91 Å². The Kier molecular flexibility index (Phi) is 2.53. The molecule has 2 saturated carbocycles. The summed E-state index contributed by atoms with van der Waals surface area (Å²) >= 11 is 0. The van der Waals surface area contributed by atoms with Gasteiger partial charge in [-0.05, 0) is 31.1 Å².